The zero-order chi connectivity index (χ0) is 14.3. The largest absolute Gasteiger partial charge is 0.375 e. The maximum Gasteiger partial charge on any atom is 0.0697 e. The molecule has 2 heteroatoms. The minimum Gasteiger partial charge on any atom is -0.375 e. The summed E-state index contributed by atoms with van der Waals surface area (Å²) in [5.74, 6) is 0. The Bertz CT molecular complexity index is 255. The highest BCUT2D eigenvalue weighted by Gasteiger charge is 2.38. The molecule has 118 valence electrons. The topological polar surface area (TPSA) is 21.3 Å². The van der Waals surface area contributed by atoms with Crippen LogP contribution in [0.5, 0.6) is 0 Å². The van der Waals surface area contributed by atoms with Crippen LogP contribution in [-0.2, 0) is 4.74 Å². The number of rotatable bonds is 7. The third kappa shape index (κ3) is 4.73. The van der Waals surface area contributed by atoms with E-state index in [-0.39, 0.29) is 5.60 Å². The van der Waals surface area contributed by atoms with E-state index in [1.807, 2.05) is 0 Å². The lowest BCUT2D eigenvalue weighted by Crippen LogP contribution is -2.50. The summed E-state index contributed by atoms with van der Waals surface area (Å²) in [6, 6.07) is 1.44. The van der Waals surface area contributed by atoms with E-state index in [1.54, 1.807) is 0 Å². The van der Waals surface area contributed by atoms with Crippen molar-refractivity contribution >= 4 is 0 Å². The molecule has 1 saturated carbocycles. The van der Waals surface area contributed by atoms with Crippen LogP contribution in [0.3, 0.4) is 0 Å². The van der Waals surface area contributed by atoms with Crippen LogP contribution in [0.1, 0.15) is 90.9 Å². The first kappa shape index (κ1) is 16.3. The van der Waals surface area contributed by atoms with Gasteiger partial charge in [0, 0.05) is 18.7 Å². The Morgan fingerprint density at radius 1 is 1.10 bits per heavy atom. The minimum atomic E-state index is 0.246. The van der Waals surface area contributed by atoms with Gasteiger partial charge in [-0.2, -0.15) is 0 Å². The second-order valence-corrected chi connectivity index (χ2v) is 7.08. The lowest BCUT2D eigenvalue weighted by molar-refractivity contribution is -0.110. The van der Waals surface area contributed by atoms with Gasteiger partial charge in [-0.05, 0) is 38.5 Å². The Kier molecular flexibility index (Phi) is 6.83. The molecular formula is C18H35NO. The highest BCUT2D eigenvalue weighted by Crippen LogP contribution is 2.38. The van der Waals surface area contributed by atoms with E-state index >= 15 is 0 Å². The Labute approximate surface area is 126 Å². The molecule has 2 fully saturated rings. The van der Waals surface area contributed by atoms with Crippen molar-refractivity contribution in [2.75, 3.05) is 6.61 Å². The van der Waals surface area contributed by atoms with Crippen molar-refractivity contribution < 1.29 is 4.74 Å². The molecule has 2 aliphatic rings. The normalized spacial score (nSPS) is 27.6. The van der Waals surface area contributed by atoms with Gasteiger partial charge in [-0.25, -0.2) is 0 Å². The Morgan fingerprint density at radius 2 is 1.90 bits per heavy atom. The second kappa shape index (κ2) is 8.38. The Balaban J connectivity index is 1.83. The van der Waals surface area contributed by atoms with E-state index in [0.29, 0.717) is 6.04 Å². The molecule has 1 aliphatic heterocycles. The fourth-order valence-corrected chi connectivity index (χ4v) is 4.16. The standard InChI is InChI=1S/C18H35NO/c1-3-5-10-16(9-4-2)19-17-11-14-20-18(15-17)12-7-6-8-13-18/h16-17,19H,3-15H2,1-2H3. The fourth-order valence-electron chi connectivity index (χ4n) is 4.16. The summed E-state index contributed by atoms with van der Waals surface area (Å²) >= 11 is 0. The fraction of sp³-hybridized carbons (Fsp3) is 1.00. The average molecular weight is 281 g/mol. The smallest absolute Gasteiger partial charge is 0.0697 e. The molecule has 1 aliphatic carbocycles. The lowest BCUT2D eigenvalue weighted by atomic mass is 9.78. The summed E-state index contributed by atoms with van der Waals surface area (Å²) in [6.45, 7) is 5.59. The third-order valence-corrected chi connectivity index (χ3v) is 5.27. The van der Waals surface area contributed by atoms with Gasteiger partial charge in [0.25, 0.3) is 0 Å². The highest BCUT2D eigenvalue weighted by molar-refractivity contribution is 4.92. The molecule has 2 unspecified atom stereocenters. The molecule has 0 aromatic heterocycles. The highest BCUT2D eigenvalue weighted by atomic mass is 16.5. The van der Waals surface area contributed by atoms with Crippen LogP contribution in [0.25, 0.3) is 0 Å². The first-order valence-corrected chi connectivity index (χ1v) is 9.18. The number of ether oxygens (including phenoxy) is 1. The van der Waals surface area contributed by atoms with E-state index in [1.165, 1.54) is 77.0 Å². The monoisotopic (exact) mass is 281 g/mol. The molecule has 2 atom stereocenters. The predicted octanol–water partition coefficient (Wildman–Crippen LogP) is 4.82. The Hall–Kier alpha value is -0.0800. The van der Waals surface area contributed by atoms with Crippen molar-refractivity contribution in [2.45, 2.75) is 109 Å². The third-order valence-electron chi connectivity index (χ3n) is 5.27. The SMILES string of the molecule is CCCCC(CCC)NC1CCOC2(CCCCC2)C1. The van der Waals surface area contributed by atoms with Gasteiger partial charge in [-0.3, -0.25) is 0 Å². The molecule has 1 spiro atoms. The summed E-state index contributed by atoms with van der Waals surface area (Å²) in [5, 5.41) is 3.98. The van der Waals surface area contributed by atoms with Crippen LogP contribution in [-0.4, -0.2) is 24.3 Å². The molecule has 1 N–H and O–H groups in total. The van der Waals surface area contributed by atoms with Crippen molar-refractivity contribution in [3.05, 3.63) is 0 Å². The van der Waals surface area contributed by atoms with E-state index in [4.69, 9.17) is 4.74 Å². The summed E-state index contributed by atoms with van der Waals surface area (Å²) in [4.78, 5) is 0. The van der Waals surface area contributed by atoms with Gasteiger partial charge in [0.1, 0.15) is 0 Å². The van der Waals surface area contributed by atoms with Crippen LogP contribution in [0.2, 0.25) is 0 Å². The van der Waals surface area contributed by atoms with Crippen molar-refractivity contribution in [3.63, 3.8) is 0 Å². The number of unbranched alkanes of at least 4 members (excludes halogenated alkanes) is 1. The number of hydrogen-bond donors (Lipinski definition) is 1. The first-order valence-electron chi connectivity index (χ1n) is 9.18. The van der Waals surface area contributed by atoms with Crippen molar-refractivity contribution in [2.24, 2.45) is 0 Å². The zero-order valence-corrected chi connectivity index (χ0v) is 13.8. The van der Waals surface area contributed by atoms with E-state index in [9.17, 15) is 0 Å². The quantitative estimate of drug-likeness (QED) is 0.722. The van der Waals surface area contributed by atoms with Gasteiger partial charge in [0.05, 0.1) is 5.60 Å². The van der Waals surface area contributed by atoms with Gasteiger partial charge >= 0.3 is 0 Å². The molecule has 0 amide bonds. The van der Waals surface area contributed by atoms with Crippen molar-refractivity contribution in [1.29, 1.82) is 0 Å². The molecule has 0 aromatic rings. The Morgan fingerprint density at radius 3 is 2.60 bits per heavy atom. The maximum absolute atomic E-state index is 6.22. The maximum atomic E-state index is 6.22. The molecule has 0 bridgehead atoms. The van der Waals surface area contributed by atoms with E-state index in [2.05, 4.69) is 19.2 Å². The summed E-state index contributed by atoms with van der Waals surface area (Å²) in [7, 11) is 0. The minimum absolute atomic E-state index is 0.246. The molecule has 1 heterocycles. The van der Waals surface area contributed by atoms with Gasteiger partial charge < -0.3 is 10.1 Å². The number of nitrogens with one attached hydrogen (secondary N) is 1. The first-order chi connectivity index (χ1) is 9.78. The van der Waals surface area contributed by atoms with Crippen molar-refractivity contribution in [3.8, 4) is 0 Å². The zero-order valence-electron chi connectivity index (χ0n) is 13.8. The van der Waals surface area contributed by atoms with Gasteiger partial charge in [-0.1, -0.05) is 52.4 Å². The molecule has 20 heavy (non-hydrogen) atoms. The summed E-state index contributed by atoms with van der Waals surface area (Å²) in [6.07, 6.45) is 15.9. The van der Waals surface area contributed by atoms with Gasteiger partial charge in [0.2, 0.25) is 0 Å². The molecule has 0 aromatic carbocycles. The molecule has 1 saturated heterocycles. The predicted molar refractivity (Wildman–Crippen MR) is 86.1 cm³/mol. The summed E-state index contributed by atoms with van der Waals surface area (Å²) < 4.78 is 6.22. The molecule has 0 radical (unpaired) electrons. The molecule has 2 rings (SSSR count). The molecule has 2 nitrogen and oxygen atoms in total. The van der Waals surface area contributed by atoms with E-state index < -0.39 is 0 Å². The van der Waals surface area contributed by atoms with Crippen LogP contribution in [0.4, 0.5) is 0 Å². The van der Waals surface area contributed by atoms with Crippen LogP contribution in [0.15, 0.2) is 0 Å². The molecular weight excluding hydrogens is 246 g/mol. The van der Waals surface area contributed by atoms with Crippen LogP contribution < -0.4 is 5.32 Å². The summed E-state index contributed by atoms with van der Waals surface area (Å²) in [5.41, 5.74) is 0.246. The lowest BCUT2D eigenvalue weighted by Gasteiger charge is -2.44. The van der Waals surface area contributed by atoms with Gasteiger partial charge in [0.15, 0.2) is 0 Å². The van der Waals surface area contributed by atoms with Crippen LogP contribution in [0, 0.1) is 0 Å². The van der Waals surface area contributed by atoms with Gasteiger partial charge in [-0.15, -0.1) is 0 Å². The average Bonchev–Trinajstić information content (AvgIpc) is 2.46. The second-order valence-electron chi connectivity index (χ2n) is 7.08. The van der Waals surface area contributed by atoms with Crippen molar-refractivity contribution in [1.82, 2.24) is 5.32 Å². The number of hydrogen-bond acceptors (Lipinski definition) is 2. The van der Waals surface area contributed by atoms with Crippen LogP contribution >= 0.6 is 0 Å². The van der Waals surface area contributed by atoms with E-state index in [0.717, 1.165) is 12.6 Å².